The van der Waals surface area contributed by atoms with Gasteiger partial charge >= 0.3 is 11.9 Å². The fourth-order valence-corrected chi connectivity index (χ4v) is 4.08. The van der Waals surface area contributed by atoms with E-state index >= 15 is 0 Å². The van der Waals surface area contributed by atoms with Crippen molar-refractivity contribution in [3.63, 3.8) is 0 Å². The second-order valence-corrected chi connectivity index (χ2v) is 9.69. The second-order valence-electron chi connectivity index (χ2n) is 8.46. The summed E-state index contributed by atoms with van der Waals surface area (Å²) in [6.07, 6.45) is -0.756. The smallest absolute Gasteiger partial charge is 0.342 e. The van der Waals surface area contributed by atoms with Crippen molar-refractivity contribution in [2.24, 2.45) is 0 Å². The number of amides is 1. The first kappa shape index (κ1) is 23.6. The average Bonchev–Trinajstić information content (AvgIpc) is 2.94. The Morgan fingerprint density at radius 1 is 1.10 bits per heavy atom. The van der Waals surface area contributed by atoms with Gasteiger partial charge in [-0.05, 0) is 37.3 Å². The molecule has 2 N–H and O–H groups in total. The summed E-state index contributed by atoms with van der Waals surface area (Å²) in [6, 6.07) is 8.01. The minimum absolute atomic E-state index is 0.00486. The molecule has 0 radical (unpaired) electrons. The second kappa shape index (κ2) is 9.43. The van der Waals surface area contributed by atoms with Crippen LogP contribution in [0.4, 0.5) is 5.00 Å². The van der Waals surface area contributed by atoms with Gasteiger partial charge in [-0.15, -0.1) is 11.3 Å². The van der Waals surface area contributed by atoms with E-state index in [-0.39, 0.29) is 24.4 Å². The molecule has 2 aromatic rings. The lowest BCUT2D eigenvalue weighted by molar-refractivity contribution is -0.138. The van der Waals surface area contributed by atoms with Crippen LogP contribution in [0.3, 0.4) is 0 Å². The number of benzene rings is 1. The fraction of sp³-hybridized carbons (Fsp3) is 0.435. The third-order valence-corrected chi connectivity index (χ3v) is 5.51. The number of carboxylic acids is 1. The number of carbonyl (C=O) groups excluding carboxylic acids is 2. The number of anilines is 1. The van der Waals surface area contributed by atoms with Crippen LogP contribution in [0.2, 0.25) is 0 Å². The highest BCUT2D eigenvalue weighted by Crippen LogP contribution is 2.41. The van der Waals surface area contributed by atoms with Crippen molar-refractivity contribution < 1.29 is 24.2 Å². The predicted octanol–water partition coefficient (Wildman–Crippen LogP) is 5.39. The third-order valence-electron chi connectivity index (χ3n) is 4.49. The first-order valence-corrected chi connectivity index (χ1v) is 10.7. The van der Waals surface area contributed by atoms with E-state index in [1.165, 1.54) is 16.9 Å². The van der Waals surface area contributed by atoms with Gasteiger partial charge in [0.05, 0.1) is 12.5 Å². The lowest BCUT2D eigenvalue weighted by Crippen LogP contribution is -2.17. The minimum atomic E-state index is -1.05. The summed E-state index contributed by atoms with van der Waals surface area (Å²) < 4.78 is 5.43. The van der Waals surface area contributed by atoms with E-state index in [9.17, 15) is 14.4 Å². The molecule has 0 bridgehead atoms. The SMILES string of the molecule is Cc1sc(NC(=O)CCC(=O)O)c(C(=O)OC(C)C)c1-c1ccc(C(C)(C)C)cc1. The Hall–Kier alpha value is -2.67. The van der Waals surface area contributed by atoms with Crippen LogP contribution in [0, 0.1) is 6.92 Å². The maximum atomic E-state index is 12.9. The van der Waals surface area contributed by atoms with Crippen LogP contribution in [0.25, 0.3) is 11.1 Å². The number of rotatable bonds is 7. The summed E-state index contributed by atoms with van der Waals surface area (Å²) in [5.74, 6) is -2.02. The molecule has 0 spiro atoms. The number of aryl methyl sites for hydroxylation is 1. The van der Waals surface area contributed by atoms with Gasteiger partial charge in [0.15, 0.2) is 0 Å². The number of carbonyl (C=O) groups is 3. The molecule has 6 nitrogen and oxygen atoms in total. The monoisotopic (exact) mass is 431 g/mol. The van der Waals surface area contributed by atoms with E-state index < -0.39 is 17.8 Å². The molecule has 0 aliphatic heterocycles. The molecular formula is C23H29NO5S. The van der Waals surface area contributed by atoms with Crippen LogP contribution in [0.5, 0.6) is 0 Å². The Kier molecular flexibility index (Phi) is 7.42. The van der Waals surface area contributed by atoms with E-state index in [0.29, 0.717) is 10.6 Å². The molecule has 2 rings (SSSR count). The zero-order valence-corrected chi connectivity index (χ0v) is 19.1. The van der Waals surface area contributed by atoms with Crippen LogP contribution >= 0.6 is 11.3 Å². The van der Waals surface area contributed by atoms with Crippen molar-refractivity contribution >= 4 is 34.2 Å². The molecule has 1 heterocycles. The Morgan fingerprint density at radius 2 is 1.70 bits per heavy atom. The molecule has 1 aromatic heterocycles. The number of hydrogen-bond acceptors (Lipinski definition) is 5. The maximum Gasteiger partial charge on any atom is 0.342 e. The molecule has 0 aliphatic carbocycles. The molecule has 7 heteroatoms. The number of thiophene rings is 1. The van der Waals surface area contributed by atoms with Crippen molar-refractivity contribution in [2.45, 2.75) is 65.9 Å². The molecule has 1 amide bonds. The van der Waals surface area contributed by atoms with E-state index in [1.54, 1.807) is 13.8 Å². The molecule has 1 aromatic carbocycles. The van der Waals surface area contributed by atoms with E-state index in [4.69, 9.17) is 9.84 Å². The van der Waals surface area contributed by atoms with Gasteiger partial charge in [-0.25, -0.2) is 4.79 Å². The Labute approximate surface area is 181 Å². The molecule has 0 aliphatic rings. The van der Waals surface area contributed by atoms with Crippen molar-refractivity contribution in [2.75, 3.05) is 5.32 Å². The van der Waals surface area contributed by atoms with Crippen molar-refractivity contribution in [3.05, 3.63) is 40.3 Å². The van der Waals surface area contributed by atoms with Gasteiger partial charge in [0.25, 0.3) is 0 Å². The van der Waals surface area contributed by atoms with Gasteiger partial charge < -0.3 is 15.2 Å². The molecule has 162 valence electrons. The van der Waals surface area contributed by atoms with Crippen molar-refractivity contribution in [1.29, 1.82) is 0 Å². The molecular weight excluding hydrogens is 402 g/mol. The van der Waals surface area contributed by atoms with E-state index in [0.717, 1.165) is 16.0 Å². The number of hydrogen-bond donors (Lipinski definition) is 2. The zero-order valence-electron chi connectivity index (χ0n) is 18.3. The first-order chi connectivity index (χ1) is 13.9. The topological polar surface area (TPSA) is 92.7 Å². The van der Waals surface area contributed by atoms with Gasteiger partial charge in [-0.1, -0.05) is 45.0 Å². The van der Waals surface area contributed by atoms with Crippen LogP contribution in [0.15, 0.2) is 24.3 Å². The highest BCUT2D eigenvalue weighted by atomic mass is 32.1. The largest absolute Gasteiger partial charge is 0.481 e. The van der Waals surface area contributed by atoms with Gasteiger partial charge in [0.1, 0.15) is 10.6 Å². The number of esters is 1. The molecule has 0 unspecified atom stereocenters. The Bertz CT molecular complexity index is 936. The molecule has 30 heavy (non-hydrogen) atoms. The van der Waals surface area contributed by atoms with Gasteiger partial charge in [0.2, 0.25) is 5.91 Å². The highest BCUT2D eigenvalue weighted by molar-refractivity contribution is 7.17. The van der Waals surface area contributed by atoms with Crippen molar-refractivity contribution in [3.8, 4) is 11.1 Å². The fourth-order valence-electron chi connectivity index (χ4n) is 2.99. The lowest BCUT2D eigenvalue weighted by atomic mass is 9.86. The molecule has 0 saturated heterocycles. The summed E-state index contributed by atoms with van der Waals surface area (Å²) in [7, 11) is 0. The van der Waals surface area contributed by atoms with Crippen LogP contribution in [-0.4, -0.2) is 29.1 Å². The lowest BCUT2D eigenvalue weighted by Gasteiger charge is -2.19. The van der Waals surface area contributed by atoms with E-state index in [2.05, 4.69) is 26.1 Å². The van der Waals surface area contributed by atoms with Crippen molar-refractivity contribution in [1.82, 2.24) is 0 Å². The van der Waals surface area contributed by atoms with Gasteiger partial charge in [-0.2, -0.15) is 0 Å². The summed E-state index contributed by atoms with van der Waals surface area (Å²) in [5.41, 5.74) is 3.06. The molecule has 0 atom stereocenters. The normalized spacial score (nSPS) is 11.4. The number of nitrogens with one attached hydrogen (secondary N) is 1. The maximum absolute atomic E-state index is 12.9. The Balaban J connectivity index is 2.48. The van der Waals surface area contributed by atoms with Gasteiger partial charge in [-0.3, -0.25) is 9.59 Å². The first-order valence-electron chi connectivity index (χ1n) is 9.87. The Morgan fingerprint density at radius 3 is 2.20 bits per heavy atom. The van der Waals surface area contributed by atoms with Crippen LogP contribution < -0.4 is 5.32 Å². The summed E-state index contributed by atoms with van der Waals surface area (Å²) in [4.78, 5) is 36.7. The number of carboxylic acid groups (broad SMARTS) is 1. The van der Waals surface area contributed by atoms with Gasteiger partial charge in [0, 0.05) is 16.9 Å². The predicted molar refractivity (Wildman–Crippen MR) is 119 cm³/mol. The quantitative estimate of drug-likeness (QED) is 0.574. The number of ether oxygens (including phenoxy) is 1. The number of aliphatic carboxylic acids is 1. The minimum Gasteiger partial charge on any atom is -0.481 e. The van der Waals surface area contributed by atoms with E-state index in [1.807, 2.05) is 31.2 Å². The average molecular weight is 432 g/mol. The molecule has 0 saturated carbocycles. The zero-order chi connectivity index (χ0) is 22.6. The summed E-state index contributed by atoms with van der Waals surface area (Å²) >= 11 is 1.28. The summed E-state index contributed by atoms with van der Waals surface area (Å²) in [6.45, 7) is 11.8. The third kappa shape index (κ3) is 5.92. The van der Waals surface area contributed by atoms with Crippen LogP contribution in [-0.2, 0) is 19.7 Å². The highest BCUT2D eigenvalue weighted by Gasteiger charge is 2.26. The summed E-state index contributed by atoms with van der Waals surface area (Å²) in [5, 5.41) is 11.9. The van der Waals surface area contributed by atoms with Crippen LogP contribution in [0.1, 0.15) is 68.3 Å². The standard InChI is InChI=1S/C23H29NO5S/c1-13(2)29-22(28)20-19(15-7-9-16(10-8-15)23(4,5)6)14(3)30-21(20)24-17(25)11-12-18(26)27/h7-10,13H,11-12H2,1-6H3,(H,24,25)(H,26,27). The molecule has 0 fully saturated rings.